The van der Waals surface area contributed by atoms with Crippen LogP contribution in [-0.2, 0) is 4.74 Å². The molecule has 0 aromatic heterocycles. The Kier molecular flexibility index (Phi) is 5.41. The molecule has 0 bridgehead atoms. The molecule has 2 amide bonds. The molecule has 0 saturated heterocycles. The summed E-state index contributed by atoms with van der Waals surface area (Å²) < 4.78 is 4.85. The predicted molar refractivity (Wildman–Crippen MR) is 87.4 cm³/mol. The van der Waals surface area contributed by atoms with E-state index in [9.17, 15) is 24.5 Å². The van der Waals surface area contributed by atoms with Gasteiger partial charge in [0.05, 0.1) is 4.92 Å². The second-order valence-electron chi connectivity index (χ2n) is 4.84. The summed E-state index contributed by atoms with van der Waals surface area (Å²) in [6, 6.07) is 10.3. The fourth-order valence-corrected chi connectivity index (χ4v) is 1.98. The Morgan fingerprint density at radius 2 is 1.72 bits per heavy atom. The van der Waals surface area contributed by atoms with Gasteiger partial charge in [-0.1, -0.05) is 12.1 Å². The van der Waals surface area contributed by atoms with Crippen LogP contribution in [0.5, 0.6) is 0 Å². The number of carbonyl (C=O) groups excluding carboxylic acids is 3. The Morgan fingerprint density at radius 1 is 1.08 bits per heavy atom. The number of amides is 2. The summed E-state index contributed by atoms with van der Waals surface area (Å²) in [6.45, 7) is -0.576. The van der Waals surface area contributed by atoms with Crippen LogP contribution in [0.15, 0.2) is 48.5 Å². The SMILES string of the molecule is NC(=O)Nc1ccc(C(=O)COC(=O)c2ccccc2[N+](=O)[O-])cc1. The van der Waals surface area contributed by atoms with Crippen LogP contribution in [0.25, 0.3) is 0 Å². The second kappa shape index (κ2) is 7.68. The molecule has 0 aliphatic carbocycles. The van der Waals surface area contributed by atoms with Gasteiger partial charge in [-0.05, 0) is 30.3 Å². The first kappa shape index (κ1) is 17.6. The normalized spacial score (nSPS) is 9.92. The maximum absolute atomic E-state index is 12.0. The average Bonchev–Trinajstić information content (AvgIpc) is 2.59. The van der Waals surface area contributed by atoms with Gasteiger partial charge in [0.25, 0.3) is 5.69 Å². The quantitative estimate of drug-likeness (QED) is 0.356. The molecular weight excluding hydrogens is 330 g/mol. The maximum Gasteiger partial charge on any atom is 0.345 e. The van der Waals surface area contributed by atoms with Crippen molar-refractivity contribution in [3.05, 3.63) is 69.8 Å². The summed E-state index contributed by atoms with van der Waals surface area (Å²) in [5, 5.41) is 13.2. The van der Waals surface area contributed by atoms with Crippen LogP contribution in [0.1, 0.15) is 20.7 Å². The van der Waals surface area contributed by atoms with E-state index in [4.69, 9.17) is 10.5 Å². The lowest BCUT2D eigenvalue weighted by Gasteiger charge is -2.06. The fraction of sp³-hybridized carbons (Fsp3) is 0.0625. The first-order valence-corrected chi connectivity index (χ1v) is 6.98. The van der Waals surface area contributed by atoms with E-state index in [0.717, 1.165) is 0 Å². The Labute approximate surface area is 141 Å². The van der Waals surface area contributed by atoms with Gasteiger partial charge in [0.15, 0.2) is 12.4 Å². The number of nitrogens with two attached hydrogens (primary N) is 1. The standard InChI is InChI=1S/C16H13N3O6/c17-16(22)18-11-7-5-10(6-8-11)14(20)9-25-15(21)12-3-1-2-4-13(12)19(23)24/h1-8H,9H2,(H3,17,18,22). The number of ether oxygens (including phenoxy) is 1. The van der Waals surface area contributed by atoms with Gasteiger partial charge < -0.3 is 15.8 Å². The Bertz CT molecular complexity index is 832. The monoisotopic (exact) mass is 343 g/mol. The zero-order chi connectivity index (χ0) is 18.4. The highest BCUT2D eigenvalue weighted by molar-refractivity contribution is 6.00. The van der Waals surface area contributed by atoms with E-state index in [2.05, 4.69) is 5.32 Å². The predicted octanol–water partition coefficient (Wildman–Crippen LogP) is 2.13. The van der Waals surface area contributed by atoms with Gasteiger partial charge in [-0.15, -0.1) is 0 Å². The Morgan fingerprint density at radius 3 is 2.32 bits per heavy atom. The second-order valence-corrected chi connectivity index (χ2v) is 4.84. The van der Waals surface area contributed by atoms with Gasteiger partial charge in [-0.25, -0.2) is 9.59 Å². The average molecular weight is 343 g/mol. The van der Waals surface area contributed by atoms with E-state index in [1.807, 2.05) is 0 Å². The summed E-state index contributed by atoms with van der Waals surface area (Å²) in [7, 11) is 0. The van der Waals surface area contributed by atoms with E-state index in [-0.39, 0.29) is 11.1 Å². The number of anilines is 1. The number of carbonyl (C=O) groups is 3. The number of hydrogen-bond acceptors (Lipinski definition) is 6. The van der Waals surface area contributed by atoms with Crippen LogP contribution in [0.2, 0.25) is 0 Å². The molecule has 2 aromatic carbocycles. The highest BCUT2D eigenvalue weighted by Crippen LogP contribution is 2.18. The minimum Gasteiger partial charge on any atom is -0.454 e. The van der Waals surface area contributed by atoms with Gasteiger partial charge >= 0.3 is 12.0 Å². The number of esters is 1. The molecule has 3 N–H and O–H groups in total. The van der Waals surface area contributed by atoms with Gasteiger partial charge in [-0.2, -0.15) is 0 Å². The lowest BCUT2D eigenvalue weighted by atomic mass is 10.1. The number of Topliss-reactive ketones (excluding diaryl/α,β-unsaturated/α-hetero) is 1. The first-order valence-electron chi connectivity index (χ1n) is 6.98. The number of para-hydroxylation sites is 1. The molecule has 2 aromatic rings. The fourth-order valence-electron chi connectivity index (χ4n) is 1.98. The third-order valence-corrected chi connectivity index (χ3v) is 3.13. The van der Waals surface area contributed by atoms with Gasteiger partial charge in [0.1, 0.15) is 5.56 Å². The number of nitrogens with one attached hydrogen (secondary N) is 1. The third-order valence-electron chi connectivity index (χ3n) is 3.13. The number of nitro benzene ring substituents is 1. The minimum atomic E-state index is -0.965. The van der Waals surface area contributed by atoms with E-state index in [0.29, 0.717) is 5.69 Å². The van der Waals surface area contributed by atoms with Crippen LogP contribution in [0, 0.1) is 10.1 Å². The van der Waals surface area contributed by atoms with Gasteiger partial charge in [-0.3, -0.25) is 14.9 Å². The minimum absolute atomic E-state index is 0.235. The van der Waals surface area contributed by atoms with Gasteiger partial charge in [0.2, 0.25) is 0 Å². The lowest BCUT2D eigenvalue weighted by Crippen LogP contribution is -2.19. The van der Waals surface area contributed by atoms with Crippen LogP contribution >= 0.6 is 0 Å². The third kappa shape index (κ3) is 4.61. The molecule has 9 heteroatoms. The summed E-state index contributed by atoms with van der Waals surface area (Å²) >= 11 is 0. The van der Waals surface area contributed by atoms with Crippen molar-refractivity contribution in [3.63, 3.8) is 0 Å². The summed E-state index contributed by atoms with van der Waals surface area (Å²) in [4.78, 5) is 44.8. The summed E-state index contributed by atoms with van der Waals surface area (Å²) in [5.74, 6) is -1.47. The molecule has 0 aliphatic rings. The van der Waals surface area contributed by atoms with Crippen LogP contribution in [0.4, 0.5) is 16.2 Å². The van der Waals surface area contributed by atoms with Crippen molar-refractivity contribution < 1.29 is 24.0 Å². The molecule has 9 nitrogen and oxygen atoms in total. The van der Waals surface area contributed by atoms with Gasteiger partial charge in [0, 0.05) is 17.3 Å². The molecule has 0 heterocycles. The molecular formula is C16H13N3O6. The molecule has 0 fully saturated rings. The number of primary amides is 1. The highest BCUT2D eigenvalue weighted by atomic mass is 16.6. The van der Waals surface area contributed by atoms with Crippen molar-refractivity contribution in [2.45, 2.75) is 0 Å². The number of urea groups is 1. The highest BCUT2D eigenvalue weighted by Gasteiger charge is 2.21. The summed E-state index contributed by atoms with van der Waals surface area (Å²) in [6.07, 6.45) is 0. The summed E-state index contributed by atoms with van der Waals surface area (Å²) in [5.41, 5.74) is 4.98. The Balaban J connectivity index is 2.01. The van der Waals surface area contributed by atoms with Crippen LogP contribution in [0.3, 0.4) is 0 Å². The molecule has 0 atom stereocenters. The largest absolute Gasteiger partial charge is 0.454 e. The number of rotatable bonds is 6. The van der Waals surface area contributed by atoms with Crippen molar-refractivity contribution in [2.75, 3.05) is 11.9 Å². The molecule has 0 spiro atoms. The van der Waals surface area contributed by atoms with Crippen LogP contribution < -0.4 is 11.1 Å². The topological polar surface area (TPSA) is 142 Å². The molecule has 0 unspecified atom stereocenters. The molecule has 25 heavy (non-hydrogen) atoms. The molecule has 0 saturated carbocycles. The van der Waals surface area contributed by atoms with Crippen molar-refractivity contribution in [1.29, 1.82) is 0 Å². The molecule has 2 rings (SSSR count). The van der Waals surface area contributed by atoms with Crippen LogP contribution in [-0.4, -0.2) is 29.3 Å². The van der Waals surface area contributed by atoms with Crippen molar-refractivity contribution in [2.24, 2.45) is 5.73 Å². The van der Waals surface area contributed by atoms with Crippen molar-refractivity contribution in [3.8, 4) is 0 Å². The molecule has 0 radical (unpaired) electrons. The number of benzene rings is 2. The number of ketones is 1. The molecule has 128 valence electrons. The number of nitro groups is 1. The zero-order valence-corrected chi connectivity index (χ0v) is 12.8. The smallest absolute Gasteiger partial charge is 0.345 e. The van der Waals surface area contributed by atoms with E-state index in [1.165, 1.54) is 48.5 Å². The van der Waals surface area contributed by atoms with E-state index < -0.39 is 35.0 Å². The van der Waals surface area contributed by atoms with E-state index in [1.54, 1.807) is 0 Å². The lowest BCUT2D eigenvalue weighted by molar-refractivity contribution is -0.385. The van der Waals surface area contributed by atoms with E-state index >= 15 is 0 Å². The number of hydrogen-bond donors (Lipinski definition) is 2. The molecule has 0 aliphatic heterocycles. The van der Waals surface area contributed by atoms with Crippen molar-refractivity contribution in [1.82, 2.24) is 0 Å². The Hall–Kier alpha value is -3.75. The maximum atomic E-state index is 12.0. The zero-order valence-electron chi connectivity index (χ0n) is 12.8. The first-order chi connectivity index (χ1) is 11.9. The van der Waals surface area contributed by atoms with Crippen molar-refractivity contribution >= 4 is 29.2 Å². The number of nitrogens with zero attached hydrogens (tertiary/aromatic N) is 1.